The first-order valence-corrected chi connectivity index (χ1v) is 29.0. The molecule has 0 spiro atoms. The summed E-state index contributed by atoms with van der Waals surface area (Å²) in [6.45, 7) is 32.9. The Kier molecular flexibility index (Phi) is 18.0. The molecule has 0 bridgehead atoms. The second-order valence-electron chi connectivity index (χ2n) is 27.4. The lowest BCUT2D eigenvalue weighted by molar-refractivity contribution is -0.153. The summed E-state index contributed by atoms with van der Waals surface area (Å²) in [6, 6.07) is 0. The van der Waals surface area contributed by atoms with Crippen LogP contribution in [-0.2, 0) is 19.1 Å². The van der Waals surface area contributed by atoms with Crippen LogP contribution in [0.2, 0.25) is 0 Å². The van der Waals surface area contributed by atoms with Gasteiger partial charge in [0.05, 0.1) is 11.8 Å². The van der Waals surface area contributed by atoms with E-state index in [1.165, 1.54) is 128 Å². The van der Waals surface area contributed by atoms with Gasteiger partial charge < -0.3 is 9.47 Å². The molecule has 16 atom stereocenters. The van der Waals surface area contributed by atoms with Crippen LogP contribution in [0.3, 0.4) is 0 Å². The van der Waals surface area contributed by atoms with Crippen molar-refractivity contribution in [2.45, 2.75) is 258 Å². The van der Waals surface area contributed by atoms with Crippen LogP contribution in [0.15, 0.2) is 23.3 Å². The molecule has 0 heterocycles. The van der Waals surface area contributed by atoms with E-state index < -0.39 is 0 Å². The minimum atomic E-state index is -0.0397. The summed E-state index contributed by atoms with van der Waals surface area (Å²) in [4.78, 5) is 24.3. The van der Waals surface area contributed by atoms with Gasteiger partial charge in [-0.1, -0.05) is 154 Å². The number of hydrogen-bond donors (Lipinski definition) is 0. The summed E-state index contributed by atoms with van der Waals surface area (Å²) >= 11 is 0. The number of carbonyl (C=O) groups is 2. The van der Waals surface area contributed by atoms with Crippen molar-refractivity contribution in [1.29, 1.82) is 0 Å². The highest BCUT2D eigenvalue weighted by atomic mass is 16.5. The van der Waals surface area contributed by atoms with Gasteiger partial charge in [0.1, 0.15) is 12.2 Å². The van der Waals surface area contributed by atoms with Gasteiger partial charge in [0, 0.05) is 0 Å². The average Bonchev–Trinajstić information content (AvgIpc) is 3.80. The summed E-state index contributed by atoms with van der Waals surface area (Å²) in [5.41, 5.74) is 5.06. The Bertz CT molecular complexity index is 1590. The van der Waals surface area contributed by atoms with Crippen LogP contribution in [0.25, 0.3) is 0 Å². The first-order valence-electron chi connectivity index (χ1n) is 29.0. The van der Waals surface area contributed by atoms with Crippen molar-refractivity contribution in [3.8, 4) is 0 Å². The van der Waals surface area contributed by atoms with Gasteiger partial charge in [-0.05, 0) is 208 Å². The number of rotatable bonds is 14. The highest BCUT2D eigenvalue weighted by Gasteiger charge is 2.61. The molecule has 6 saturated carbocycles. The predicted molar refractivity (Wildman–Crippen MR) is 282 cm³/mol. The Balaban J connectivity index is 0.000000218. The third kappa shape index (κ3) is 11.1. The van der Waals surface area contributed by atoms with E-state index in [9.17, 15) is 9.59 Å². The summed E-state index contributed by atoms with van der Waals surface area (Å²) in [6.07, 6.45) is 34.5. The number of esters is 2. The molecule has 8 aliphatic rings. The van der Waals surface area contributed by atoms with Crippen molar-refractivity contribution in [2.24, 2.45) is 105 Å². The van der Waals surface area contributed by atoms with Crippen LogP contribution in [0.1, 0.15) is 246 Å². The number of fused-ring (bicyclic) bond motifs is 10. The molecule has 6 unspecified atom stereocenters. The van der Waals surface area contributed by atoms with Gasteiger partial charge in [-0.3, -0.25) is 9.59 Å². The van der Waals surface area contributed by atoms with E-state index in [0.717, 1.165) is 83.9 Å². The van der Waals surface area contributed by atoms with Crippen molar-refractivity contribution in [3.05, 3.63) is 23.3 Å². The first kappa shape index (κ1) is 54.7. The maximum atomic E-state index is 12.2. The first-order chi connectivity index (χ1) is 31.1. The second kappa shape index (κ2) is 22.0. The molecular weight excluding hydrogens is 821 g/mol. The topological polar surface area (TPSA) is 52.6 Å². The quantitative estimate of drug-likeness (QED) is 0.129. The smallest absolute Gasteiger partial charge is 0.308 e. The van der Waals surface area contributed by atoms with Gasteiger partial charge >= 0.3 is 11.9 Å². The molecule has 0 aliphatic heterocycles. The maximum Gasteiger partial charge on any atom is 0.308 e. The highest BCUT2D eigenvalue weighted by Crippen LogP contribution is 2.69. The molecule has 4 heteroatoms. The second-order valence-corrected chi connectivity index (χ2v) is 27.4. The van der Waals surface area contributed by atoms with E-state index in [-0.39, 0.29) is 43.4 Å². The van der Waals surface area contributed by atoms with Gasteiger partial charge in [0.15, 0.2) is 0 Å². The van der Waals surface area contributed by atoms with Crippen molar-refractivity contribution in [3.63, 3.8) is 0 Å². The fraction of sp³-hybridized carbons (Fsp3) is 0.905. The Hall–Kier alpha value is -1.58. The fourth-order valence-electron chi connectivity index (χ4n) is 18.2. The molecule has 0 aromatic carbocycles. The van der Waals surface area contributed by atoms with Crippen molar-refractivity contribution < 1.29 is 19.1 Å². The Morgan fingerprint density at radius 1 is 0.493 bits per heavy atom. The maximum absolute atomic E-state index is 12.2. The molecule has 6 fully saturated rings. The molecule has 0 saturated heterocycles. The fourth-order valence-corrected chi connectivity index (χ4v) is 18.2. The van der Waals surface area contributed by atoms with Crippen LogP contribution < -0.4 is 0 Å². The molecule has 0 radical (unpaired) electrons. The third-order valence-corrected chi connectivity index (χ3v) is 22.0. The van der Waals surface area contributed by atoms with Crippen LogP contribution in [0.5, 0.6) is 0 Å². The van der Waals surface area contributed by atoms with Gasteiger partial charge in [-0.25, -0.2) is 0 Å². The van der Waals surface area contributed by atoms with Gasteiger partial charge in [0.2, 0.25) is 0 Å². The lowest BCUT2D eigenvalue weighted by Gasteiger charge is -2.59. The van der Waals surface area contributed by atoms with E-state index in [1.807, 2.05) is 27.7 Å². The zero-order chi connectivity index (χ0) is 47.9. The van der Waals surface area contributed by atoms with Crippen LogP contribution in [0.4, 0.5) is 0 Å². The molecule has 0 N–H and O–H groups in total. The van der Waals surface area contributed by atoms with E-state index in [4.69, 9.17) is 9.47 Å². The zero-order valence-corrected chi connectivity index (χ0v) is 45.6. The minimum Gasteiger partial charge on any atom is -0.458 e. The highest BCUT2D eigenvalue weighted by molar-refractivity contribution is 5.72. The van der Waals surface area contributed by atoms with E-state index in [0.29, 0.717) is 21.7 Å². The Morgan fingerprint density at radius 2 is 0.866 bits per heavy atom. The lowest BCUT2D eigenvalue weighted by atomic mass is 9.46. The van der Waals surface area contributed by atoms with Crippen molar-refractivity contribution in [1.82, 2.24) is 0 Å². The van der Waals surface area contributed by atoms with Crippen molar-refractivity contribution in [2.75, 3.05) is 0 Å². The Morgan fingerprint density at radius 3 is 1.21 bits per heavy atom. The number of hydrogen-bond acceptors (Lipinski definition) is 4. The normalized spacial score (nSPS) is 40.6. The van der Waals surface area contributed by atoms with E-state index in [1.54, 1.807) is 11.1 Å². The molecule has 8 aliphatic carbocycles. The average molecular weight is 930 g/mol. The summed E-state index contributed by atoms with van der Waals surface area (Å²) in [7, 11) is 0. The summed E-state index contributed by atoms with van der Waals surface area (Å²) in [5.74, 6) is 10.5. The number of ether oxygens (including phenoxy) is 2. The molecule has 8 rings (SSSR count). The molecule has 384 valence electrons. The molecule has 0 aromatic rings. The van der Waals surface area contributed by atoms with E-state index in [2.05, 4.69) is 81.4 Å². The van der Waals surface area contributed by atoms with Crippen LogP contribution in [-0.4, -0.2) is 24.1 Å². The SMILES string of the molecule is C.CC(C)CCC[C@H](C)[C@H]1CCC2C3CCC4=C[C@@H](OC(=O)C(C)C)CC[C@]4(C)C3CC[C@@]21C.CC(C)CCC[C@H](C)[C@H]1CCC2C3CCC4=C[C@@H](OC(=O)C(C)C)CC[C@]4(C)C3CC[C@@]21C. The lowest BCUT2D eigenvalue weighted by Crippen LogP contribution is -2.51. The summed E-state index contributed by atoms with van der Waals surface area (Å²) in [5, 5.41) is 0. The molecule has 67 heavy (non-hydrogen) atoms. The number of allylic oxidation sites excluding steroid dienone is 2. The zero-order valence-electron chi connectivity index (χ0n) is 45.6. The Labute approximate surface area is 415 Å². The largest absolute Gasteiger partial charge is 0.458 e. The number of carbonyl (C=O) groups excluding carboxylic acids is 2. The van der Waals surface area contributed by atoms with E-state index >= 15 is 0 Å². The summed E-state index contributed by atoms with van der Waals surface area (Å²) < 4.78 is 11.7. The van der Waals surface area contributed by atoms with Gasteiger partial charge in [0.25, 0.3) is 0 Å². The third-order valence-electron chi connectivity index (χ3n) is 22.0. The van der Waals surface area contributed by atoms with Crippen LogP contribution >= 0.6 is 0 Å². The molecular formula is C63H108O4. The predicted octanol–water partition coefficient (Wildman–Crippen LogP) is 17.8. The monoisotopic (exact) mass is 929 g/mol. The van der Waals surface area contributed by atoms with Crippen LogP contribution in [0, 0.1) is 105 Å². The van der Waals surface area contributed by atoms with Gasteiger partial charge in [-0.15, -0.1) is 0 Å². The molecule has 4 nitrogen and oxygen atoms in total. The molecule has 0 aromatic heterocycles. The van der Waals surface area contributed by atoms with Gasteiger partial charge in [-0.2, -0.15) is 0 Å². The molecule has 0 amide bonds. The van der Waals surface area contributed by atoms with Crippen molar-refractivity contribution >= 4 is 11.9 Å². The minimum absolute atomic E-state index is 0. The standard InChI is InChI=1S/2C31H52O2.CH4/c2*1-20(2)9-8-10-22(5)26-13-14-27-25-12-11-23-19-24(33-29(32)21(3)4)15-17-30(23,6)28(25)16-18-31(26,27)7;/h2*19-22,24-28H,8-18H2,1-7H3;1H4/t2*22-,24-,25?,26+,27?,28?,30-,31+;/m00./s1.